The lowest BCUT2D eigenvalue weighted by Gasteiger charge is -2.14. The van der Waals surface area contributed by atoms with Crippen LogP contribution in [-0.4, -0.2) is 12.7 Å². The van der Waals surface area contributed by atoms with Crippen LogP contribution in [0.25, 0.3) is 0 Å². The second-order valence-electron chi connectivity index (χ2n) is 4.93. The topological polar surface area (TPSA) is 47.6 Å². The van der Waals surface area contributed by atoms with Crippen LogP contribution in [0.3, 0.4) is 0 Å². The number of hydrogen-bond acceptors (Lipinski definition) is 4. The molecule has 1 atom stereocenters. The van der Waals surface area contributed by atoms with Crippen LogP contribution in [0.1, 0.15) is 40.0 Å². The summed E-state index contributed by atoms with van der Waals surface area (Å²) in [6, 6.07) is 9.54. The molecule has 0 saturated heterocycles. The average molecular weight is 303 g/mol. The van der Waals surface area contributed by atoms with Gasteiger partial charge < -0.3 is 14.8 Å². The van der Waals surface area contributed by atoms with Crippen LogP contribution in [0.4, 0.5) is 0 Å². The minimum absolute atomic E-state index is 0.0372. The zero-order valence-corrected chi connectivity index (χ0v) is 12.8. The van der Waals surface area contributed by atoms with Gasteiger partial charge in [-0.05, 0) is 43.2 Å². The zero-order valence-electron chi connectivity index (χ0n) is 12.0. The number of carbonyl (C=O) groups is 1. The molecule has 1 amide bonds. The lowest BCUT2D eigenvalue weighted by molar-refractivity contribution is 0.0944. The lowest BCUT2D eigenvalue weighted by atomic mass is 10.1. The van der Waals surface area contributed by atoms with Gasteiger partial charge in [0, 0.05) is 4.88 Å². The molecule has 2 aromatic rings. The summed E-state index contributed by atoms with van der Waals surface area (Å²) in [4.78, 5) is 14.2. The Hall–Kier alpha value is -2.01. The summed E-state index contributed by atoms with van der Waals surface area (Å²) in [6.07, 6.45) is 0.954. The Morgan fingerprint density at radius 1 is 1.29 bits per heavy atom. The van der Waals surface area contributed by atoms with E-state index in [0.29, 0.717) is 0 Å². The molecular weight excluding hydrogens is 286 g/mol. The quantitative estimate of drug-likeness (QED) is 0.940. The van der Waals surface area contributed by atoms with Crippen LogP contribution in [-0.2, 0) is 6.42 Å². The van der Waals surface area contributed by atoms with Crippen LogP contribution in [0.5, 0.6) is 11.5 Å². The van der Waals surface area contributed by atoms with E-state index >= 15 is 0 Å². The van der Waals surface area contributed by atoms with E-state index in [9.17, 15) is 4.79 Å². The van der Waals surface area contributed by atoms with Gasteiger partial charge in [-0.2, -0.15) is 0 Å². The number of nitrogens with one attached hydrogen (secondary N) is 1. The second kappa shape index (κ2) is 5.77. The largest absolute Gasteiger partial charge is 0.454 e. The number of amides is 1. The molecule has 5 heteroatoms. The van der Waals surface area contributed by atoms with Gasteiger partial charge in [-0.1, -0.05) is 13.0 Å². The van der Waals surface area contributed by atoms with Crippen molar-refractivity contribution < 1.29 is 14.3 Å². The van der Waals surface area contributed by atoms with Crippen LogP contribution in [0, 0.1) is 0 Å². The highest BCUT2D eigenvalue weighted by molar-refractivity contribution is 7.14. The second-order valence-corrected chi connectivity index (χ2v) is 6.10. The Labute approximate surface area is 127 Å². The van der Waals surface area contributed by atoms with Gasteiger partial charge in [-0.15, -0.1) is 11.3 Å². The van der Waals surface area contributed by atoms with Crippen molar-refractivity contribution in [3.8, 4) is 11.5 Å². The highest BCUT2D eigenvalue weighted by Gasteiger charge is 2.17. The SMILES string of the molecule is CCc1ccc(C(=O)NC(C)c2ccc3c(c2)OCO3)s1. The average Bonchev–Trinajstić information content (AvgIpc) is 3.15. The Morgan fingerprint density at radius 2 is 2.10 bits per heavy atom. The minimum Gasteiger partial charge on any atom is -0.454 e. The fourth-order valence-corrected chi connectivity index (χ4v) is 3.07. The summed E-state index contributed by atoms with van der Waals surface area (Å²) in [7, 11) is 0. The first-order valence-electron chi connectivity index (χ1n) is 6.96. The van der Waals surface area contributed by atoms with Crippen LogP contribution in [0.15, 0.2) is 30.3 Å². The fraction of sp³-hybridized carbons (Fsp3) is 0.312. The monoisotopic (exact) mass is 303 g/mol. The molecule has 0 radical (unpaired) electrons. The summed E-state index contributed by atoms with van der Waals surface area (Å²) < 4.78 is 10.7. The summed E-state index contributed by atoms with van der Waals surface area (Å²) in [5.41, 5.74) is 1.000. The number of ether oxygens (including phenoxy) is 2. The molecule has 1 aliphatic rings. The molecule has 0 spiro atoms. The van der Waals surface area contributed by atoms with Crippen molar-refractivity contribution in [2.45, 2.75) is 26.3 Å². The van der Waals surface area contributed by atoms with Gasteiger partial charge in [0.1, 0.15) is 0 Å². The zero-order chi connectivity index (χ0) is 14.8. The Morgan fingerprint density at radius 3 is 2.86 bits per heavy atom. The van der Waals surface area contributed by atoms with Gasteiger partial charge >= 0.3 is 0 Å². The first-order chi connectivity index (χ1) is 10.2. The van der Waals surface area contributed by atoms with E-state index in [1.807, 2.05) is 37.3 Å². The van der Waals surface area contributed by atoms with Gasteiger partial charge in [0.25, 0.3) is 5.91 Å². The van der Waals surface area contributed by atoms with E-state index in [2.05, 4.69) is 12.2 Å². The molecule has 21 heavy (non-hydrogen) atoms. The Kier molecular flexibility index (Phi) is 3.84. The number of fused-ring (bicyclic) bond motifs is 1. The maximum Gasteiger partial charge on any atom is 0.261 e. The molecule has 0 saturated carbocycles. The number of aryl methyl sites for hydroxylation is 1. The Balaban J connectivity index is 1.70. The molecule has 3 rings (SSSR count). The summed E-state index contributed by atoms with van der Waals surface area (Å²) in [5, 5.41) is 3.02. The molecular formula is C16H17NO3S. The molecule has 110 valence electrons. The summed E-state index contributed by atoms with van der Waals surface area (Å²) in [5.74, 6) is 1.45. The van der Waals surface area contributed by atoms with E-state index < -0.39 is 0 Å². The first-order valence-corrected chi connectivity index (χ1v) is 7.78. The molecule has 0 bridgehead atoms. The van der Waals surface area contributed by atoms with Gasteiger partial charge in [0.05, 0.1) is 10.9 Å². The lowest BCUT2D eigenvalue weighted by Crippen LogP contribution is -2.25. The predicted molar refractivity (Wildman–Crippen MR) is 82.1 cm³/mol. The number of thiophene rings is 1. The smallest absolute Gasteiger partial charge is 0.261 e. The van der Waals surface area contributed by atoms with E-state index in [1.54, 1.807) is 11.3 Å². The van der Waals surface area contributed by atoms with E-state index in [0.717, 1.165) is 28.4 Å². The van der Waals surface area contributed by atoms with Crippen LogP contribution in [0.2, 0.25) is 0 Å². The van der Waals surface area contributed by atoms with Crippen molar-refractivity contribution in [3.63, 3.8) is 0 Å². The highest BCUT2D eigenvalue weighted by atomic mass is 32.1. The van der Waals surface area contributed by atoms with E-state index in [-0.39, 0.29) is 18.7 Å². The summed E-state index contributed by atoms with van der Waals surface area (Å²) in [6.45, 7) is 4.31. The number of carbonyl (C=O) groups excluding carboxylic acids is 1. The third kappa shape index (κ3) is 2.88. The van der Waals surface area contributed by atoms with Crippen molar-refractivity contribution in [1.82, 2.24) is 5.32 Å². The molecule has 2 heterocycles. The van der Waals surface area contributed by atoms with E-state index in [1.165, 1.54) is 4.88 Å². The summed E-state index contributed by atoms with van der Waals surface area (Å²) >= 11 is 1.54. The van der Waals surface area contributed by atoms with Crippen molar-refractivity contribution in [2.24, 2.45) is 0 Å². The standard InChI is InChI=1S/C16H17NO3S/c1-3-12-5-7-15(21-12)16(18)17-10(2)11-4-6-13-14(8-11)20-9-19-13/h4-8,10H,3,9H2,1-2H3,(H,17,18). The van der Waals surface area contributed by atoms with Crippen molar-refractivity contribution in [1.29, 1.82) is 0 Å². The van der Waals surface area contributed by atoms with Crippen LogP contribution >= 0.6 is 11.3 Å². The molecule has 4 nitrogen and oxygen atoms in total. The van der Waals surface area contributed by atoms with Crippen molar-refractivity contribution >= 4 is 17.2 Å². The number of benzene rings is 1. The van der Waals surface area contributed by atoms with Crippen LogP contribution < -0.4 is 14.8 Å². The van der Waals surface area contributed by atoms with Gasteiger partial charge in [0.2, 0.25) is 6.79 Å². The fourth-order valence-electron chi connectivity index (χ4n) is 2.22. The predicted octanol–water partition coefficient (Wildman–Crippen LogP) is 3.53. The minimum atomic E-state index is -0.0841. The molecule has 1 N–H and O–H groups in total. The van der Waals surface area contributed by atoms with Crippen molar-refractivity contribution in [3.05, 3.63) is 45.6 Å². The van der Waals surface area contributed by atoms with Gasteiger partial charge in [-0.25, -0.2) is 0 Å². The maximum absolute atomic E-state index is 12.2. The number of hydrogen-bond donors (Lipinski definition) is 1. The molecule has 0 fully saturated rings. The maximum atomic E-state index is 12.2. The third-order valence-corrected chi connectivity index (χ3v) is 4.71. The number of rotatable bonds is 4. The molecule has 0 aliphatic carbocycles. The first kappa shape index (κ1) is 13.9. The van der Waals surface area contributed by atoms with E-state index in [4.69, 9.17) is 9.47 Å². The molecule has 1 aromatic heterocycles. The highest BCUT2D eigenvalue weighted by Crippen LogP contribution is 2.34. The van der Waals surface area contributed by atoms with Crippen molar-refractivity contribution in [2.75, 3.05) is 6.79 Å². The molecule has 1 aromatic carbocycles. The Bertz CT molecular complexity index is 665. The normalized spacial score (nSPS) is 14.0. The third-order valence-electron chi connectivity index (χ3n) is 3.48. The molecule has 1 aliphatic heterocycles. The van der Waals surface area contributed by atoms with Gasteiger partial charge in [0.15, 0.2) is 11.5 Å². The molecule has 1 unspecified atom stereocenters. The van der Waals surface area contributed by atoms with Gasteiger partial charge in [-0.3, -0.25) is 4.79 Å².